The minimum Gasteiger partial charge on any atom is -0.493 e. The van der Waals surface area contributed by atoms with Gasteiger partial charge >= 0.3 is 0 Å². The lowest BCUT2D eigenvalue weighted by Gasteiger charge is -2.17. The van der Waals surface area contributed by atoms with Crippen LogP contribution in [0, 0.1) is 0 Å². The number of methoxy groups -OCH3 is 3. The van der Waals surface area contributed by atoms with E-state index in [1.54, 1.807) is 24.9 Å². The zero-order chi connectivity index (χ0) is 22.2. The Labute approximate surface area is 179 Å². The lowest BCUT2D eigenvalue weighted by atomic mass is 10.2. The van der Waals surface area contributed by atoms with Crippen molar-refractivity contribution in [3.8, 4) is 23.1 Å². The van der Waals surface area contributed by atoms with Crippen LogP contribution in [0.5, 0.6) is 11.5 Å². The molecule has 12 heteroatoms. The molecule has 0 bridgehead atoms. The first-order valence-electron chi connectivity index (χ1n) is 9.47. The molecule has 3 aromatic rings. The van der Waals surface area contributed by atoms with E-state index in [-0.39, 0.29) is 23.9 Å². The molecule has 1 aliphatic heterocycles. The number of benzene rings is 1. The van der Waals surface area contributed by atoms with Gasteiger partial charge in [0.05, 0.1) is 38.0 Å². The zero-order valence-corrected chi connectivity index (χ0v) is 18.5. The first-order chi connectivity index (χ1) is 14.9. The Hall–Kier alpha value is -2.96. The number of aromatic nitrogens is 4. The quantitative estimate of drug-likeness (QED) is 0.502. The fourth-order valence-electron chi connectivity index (χ4n) is 3.48. The van der Waals surface area contributed by atoms with E-state index >= 15 is 0 Å². The molecular weight excluding hydrogens is 426 g/mol. The van der Waals surface area contributed by atoms with Gasteiger partial charge in [-0.1, -0.05) is 5.16 Å². The van der Waals surface area contributed by atoms with Crippen LogP contribution in [0.4, 0.5) is 0 Å². The van der Waals surface area contributed by atoms with Gasteiger partial charge in [0.15, 0.2) is 23.0 Å². The van der Waals surface area contributed by atoms with Gasteiger partial charge in [-0.05, 0) is 12.1 Å². The van der Waals surface area contributed by atoms with E-state index in [0.29, 0.717) is 36.0 Å². The summed E-state index contributed by atoms with van der Waals surface area (Å²) in [7, 11) is 2.53. The molecule has 0 atom stereocenters. The van der Waals surface area contributed by atoms with E-state index in [4.69, 9.17) is 18.7 Å². The number of hydrogen-bond donors (Lipinski definition) is 0. The maximum atomic E-state index is 13.3. The average Bonchev–Trinajstić information content (AvgIpc) is 3.48. The second-order valence-electron chi connectivity index (χ2n) is 6.95. The molecule has 1 aliphatic rings. The Morgan fingerprint density at radius 2 is 1.90 bits per heavy atom. The number of nitrogens with zero attached hydrogens (tertiary/aromatic N) is 5. The maximum absolute atomic E-state index is 13.3. The number of ether oxygens (including phenoxy) is 3. The van der Waals surface area contributed by atoms with Crippen LogP contribution in [0.2, 0.25) is 0 Å². The molecule has 0 saturated heterocycles. The van der Waals surface area contributed by atoms with Crippen LogP contribution in [-0.4, -0.2) is 60.6 Å². The van der Waals surface area contributed by atoms with Gasteiger partial charge < -0.3 is 18.7 Å². The highest BCUT2D eigenvalue weighted by molar-refractivity contribution is 7.89. The molecule has 3 heterocycles. The summed E-state index contributed by atoms with van der Waals surface area (Å²) in [6, 6.07) is 4.53. The van der Waals surface area contributed by atoms with Crippen LogP contribution in [0.3, 0.4) is 0 Å². The molecule has 0 aliphatic carbocycles. The highest BCUT2D eigenvalue weighted by Gasteiger charge is 2.36. The third kappa shape index (κ3) is 3.77. The fourth-order valence-corrected chi connectivity index (χ4v) is 4.86. The molecule has 0 N–H and O–H groups in total. The molecule has 0 saturated carbocycles. The lowest BCUT2D eigenvalue weighted by molar-refractivity contribution is 0.199. The van der Waals surface area contributed by atoms with Gasteiger partial charge in [-0.3, -0.25) is 4.68 Å². The second-order valence-corrected chi connectivity index (χ2v) is 8.88. The highest BCUT2D eigenvalue weighted by atomic mass is 32.2. The standard InChI is InChI=1S/C19H23N5O6S/c1-23-14-11-24(31(25,26)12-5-6-15(28-3)16(9-12)29-4)10-13(14)18(21-23)19-20-17(22-30-19)7-8-27-2/h5-6,9H,7-8,10-11H2,1-4H3. The summed E-state index contributed by atoms with van der Waals surface area (Å²) in [5, 5.41) is 8.41. The molecule has 11 nitrogen and oxygen atoms in total. The van der Waals surface area contributed by atoms with Crippen LogP contribution < -0.4 is 9.47 Å². The van der Waals surface area contributed by atoms with Crippen molar-refractivity contribution in [2.45, 2.75) is 24.4 Å². The van der Waals surface area contributed by atoms with E-state index in [9.17, 15) is 8.42 Å². The SMILES string of the molecule is COCCc1noc(-c2nn(C)c3c2CN(S(=O)(=O)c2ccc(OC)c(OC)c2)C3)n1. The van der Waals surface area contributed by atoms with Crippen molar-refractivity contribution in [1.82, 2.24) is 24.2 Å². The van der Waals surface area contributed by atoms with Crippen LogP contribution in [0.1, 0.15) is 17.1 Å². The number of hydrogen-bond acceptors (Lipinski definition) is 9. The monoisotopic (exact) mass is 449 g/mol. The second kappa shape index (κ2) is 8.29. The molecule has 0 spiro atoms. The average molecular weight is 449 g/mol. The summed E-state index contributed by atoms with van der Waals surface area (Å²) < 4.78 is 50.4. The maximum Gasteiger partial charge on any atom is 0.278 e. The molecular formula is C19H23N5O6S. The van der Waals surface area contributed by atoms with E-state index in [1.165, 1.54) is 30.7 Å². The summed E-state index contributed by atoms with van der Waals surface area (Å²) in [6.45, 7) is 0.793. The number of aryl methyl sites for hydroxylation is 1. The predicted molar refractivity (Wildman–Crippen MR) is 108 cm³/mol. The van der Waals surface area contributed by atoms with Crippen molar-refractivity contribution in [2.24, 2.45) is 7.05 Å². The van der Waals surface area contributed by atoms with Crippen LogP contribution in [0.15, 0.2) is 27.6 Å². The summed E-state index contributed by atoms with van der Waals surface area (Å²) >= 11 is 0. The van der Waals surface area contributed by atoms with E-state index < -0.39 is 10.0 Å². The summed E-state index contributed by atoms with van der Waals surface area (Å²) in [6.07, 6.45) is 0.509. The van der Waals surface area contributed by atoms with Gasteiger partial charge in [0.1, 0.15) is 0 Å². The molecule has 2 aromatic heterocycles. The highest BCUT2D eigenvalue weighted by Crippen LogP contribution is 2.36. The van der Waals surface area contributed by atoms with Crippen LogP contribution in [0.25, 0.3) is 11.6 Å². The van der Waals surface area contributed by atoms with Gasteiger partial charge in [-0.2, -0.15) is 14.4 Å². The zero-order valence-electron chi connectivity index (χ0n) is 17.7. The van der Waals surface area contributed by atoms with Crippen molar-refractivity contribution in [3.63, 3.8) is 0 Å². The molecule has 0 fully saturated rings. The van der Waals surface area contributed by atoms with Crippen LogP contribution in [-0.2, 0) is 41.3 Å². The minimum absolute atomic E-state index is 0.118. The van der Waals surface area contributed by atoms with Gasteiger partial charge in [-0.15, -0.1) is 0 Å². The van der Waals surface area contributed by atoms with Crippen molar-refractivity contribution in [3.05, 3.63) is 35.3 Å². The largest absolute Gasteiger partial charge is 0.493 e. The number of rotatable bonds is 8. The molecule has 4 rings (SSSR count). The third-order valence-electron chi connectivity index (χ3n) is 5.13. The summed E-state index contributed by atoms with van der Waals surface area (Å²) in [4.78, 5) is 4.48. The predicted octanol–water partition coefficient (Wildman–Crippen LogP) is 1.38. The first kappa shape index (κ1) is 21.3. The van der Waals surface area contributed by atoms with E-state index in [1.807, 2.05) is 0 Å². The van der Waals surface area contributed by atoms with Gasteiger partial charge in [0.2, 0.25) is 10.0 Å². The lowest BCUT2D eigenvalue weighted by Crippen LogP contribution is -2.26. The topological polar surface area (TPSA) is 122 Å². The third-order valence-corrected chi connectivity index (χ3v) is 6.92. The Morgan fingerprint density at radius 3 is 2.61 bits per heavy atom. The minimum atomic E-state index is -3.78. The smallest absolute Gasteiger partial charge is 0.278 e. The summed E-state index contributed by atoms with van der Waals surface area (Å²) in [5.74, 6) is 1.56. The van der Waals surface area contributed by atoms with E-state index in [2.05, 4.69) is 15.2 Å². The fraction of sp³-hybridized carbons (Fsp3) is 0.421. The Balaban J connectivity index is 1.63. The van der Waals surface area contributed by atoms with Gasteiger partial charge in [0, 0.05) is 38.8 Å². The van der Waals surface area contributed by atoms with Crippen molar-refractivity contribution >= 4 is 10.0 Å². The molecule has 0 amide bonds. The normalized spacial score (nSPS) is 14.1. The van der Waals surface area contributed by atoms with Crippen molar-refractivity contribution in [1.29, 1.82) is 0 Å². The summed E-state index contributed by atoms with van der Waals surface area (Å²) in [5.41, 5.74) is 2.00. The van der Waals surface area contributed by atoms with E-state index in [0.717, 1.165) is 11.3 Å². The Morgan fingerprint density at radius 1 is 1.13 bits per heavy atom. The molecule has 1 aromatic carbocycles. The van der Waals surface area contributed by atoms with Gasteiger partial charge in [-0.25, -0.2) is 8.42 Å². The number of fused-ring (bicyclic) bond motifs is 1. The van der Waals surface area contributed by atoms with Gasteiger partial charge in [0.25, 0.3) is 5.89 Å². The first-order valence-corrected chi connectivity index (χ1v) is 10.9. The van der Waals surface area contributed by atoms with Crippen LogP contribution >= 0.6 is 0 Å². The number of sulfonamides is 1. The van der Waals surface area contributed by atoms with Crippen molar-refractivity contribution in [2.75, 3.05) is 27.9 Å². The Kier molecular flexibility index (Phi) is 5.69. The molecule has 0 unspecified atom stereocenters. The Bertz CT molecular complexity index is 1200. The van der Waals surface area contributed by atoms with Crippen molar-refractivity contribution < 1.29 is 27.2 Å². The molecule has 31 heavy (non-hydrogen) atoms. The molecule has 166 valence electrons. The molecule has 0 radical (unpaired) electrons.